The van der Waals surface area contributed by atoms with Crippen LogP contribution in [-0.4, -0.2) is 4.98 Å². The third-order valence-electron chi connectivity index (χ3n) is 1.54. The quantitative estimate of drug-likeness (QED) is 0.660. The van der Waals surface area contributed by atoms with Crippen molar-refractivity contribution in [3.63, 3.8) is 0 Å². The number of alkyl halides is 3. The molecule has 0 radical (unpaired) electrons. The molecule has 1 aromatic rings. The van der Waals surface area contributed by atoms with Crippen molar-refractivity contribution < 1.29 is 8.78 Å². The van der Waals surface area contributed by atoms with Crippen molar-refractivity contribution in [2.24, 2.45) is 0 Å². The normalized spacial score (nSPS) is 10.8. The lowest BCUT2D eigenvalue weighted by Gasteiger charge is -2.06. The summed E-state index contributed by atoms with van der Waals surface area (Å²) in [5.74, 6) is -0.0815. The highest BCUT2D eigenvalue weighted by atomic mass is 127. The van der Waals surface area contributed by atoms with Gasteiger partial charge < -0.3 is 4.98 Å². The molecule has 1 N–H and O–H groups in total. The average Bonchev–Trinajstić information content (AvgIpc) is 2.09. The van der Waals surface area contributed by atoms with Gasteiger partial charge in [-0.2, -0.15) is 0 Å². The zero-order valence-corrected chi connectivity index (χ0v) is 9.20. The fourth-order valence-corrected chi connectivity index (χ4v) is 2.06. The van der Waals surface area contributed by atoms with Gasteiger partial charge in [-0.05, 0) is 28.2 Å². The molecule has 1 rings (SSSR count). The van der Waals surface area contributed by atoms with Gasteiger partial charge in [-0.1, -0.05) is 0 Å². The predicted octanol–water partition coefficient (Wildman–Crippen LogP) is 2.66. The van der Waals surface area contributed by atoms with Crippen LogP contribution in [0.5, 0.6) is 0 Å². The summed E-state index contributed by atoms with van der Waals surface area (Å²) in [5, 5.41) is 0. The highest BCUT2D eigenvalue weighted by Crippen LogP contribution is 2.24. The summed E-state index contributed by atoms with van der Waals surface area (Å²) in [6, 6.07) is 0. The van der Waals surface area contributed by atoms with E-state index in [0.29, 0.717) is 0 Å². The van der Waals surface area contributed by atoms with Crippen molar-refractivity contribution >= 4 is 34.2 Å². The average molecular weight is 319 g/mol. The number of hydrogen-bond acceptors (Lipinski definition) is 1. The third kappa shape index (κ3) is 2.19. The molecule has 0 aliphatic heterocycles. The Labute approximate surface area is 91.4 Å². The summed E-state index contributed by atoms with van der Waals surface area (Å²) in [5.41, 5.74) is -0.388. The van der Waals surface area contributed by atoms with Crippen molar-refractivity contribution in [1.82, 2.24) is 4.98 Å². The summed E-state index contributed by atoms with van der Waals surface area (Å²) in [4.78, 5) is 13.2. The molecule has 6 heteroatoms. The Balaban J connectivity index is 3.38. The molecular weight excluding hydrogens is 314 g/mol. The van der Waals surface area contributed by atoms with Crippen LogP contribution in [-0.2, 0) is 5.88 Å². The molecule has 0 bridgehead atoms. The minimum Gasteiger partial charge on any atom is -0.328 e. The molecule has 0 aliphatic carbocycles. The number of halogens is 4. The molecule has 1 aromatic heterocycles. The second kappa shape index (κ2) is 4.36. The molecule has 0 aromatic carbocycles. The summed E-state index contributed by atoms with van der Waals surface area (Å²) < 4.78 is 24.9. The molecule has 0 fully saturated rings. The Bertz CT molecular complexity index is 366. The molecule has 0 atom stereocenters. The summed E-state index contributed by atoms with van der Waals surface area (Å²) >= 11 is 7.16. The van der Waals surface area contributed by atoms with E-state index in [4.69, 9.17) is 11.6 Å². The fourth-order valence-electron chi connectivity index (χ4n) is 0.888. The largest absolute Gasteiger partial charge is 0.328 e. The third-order valence-corrected chi connectivity index (χ3v) is 2.95. The fraction of sp³-hybridized carbons (Fsp3) is 0.286. The van der Waals surface area contributed by atoms with Crippen LogP contribution in [0.2, 0.25) is 0 Å². The predicted molar refractivity (Wildman–Crippen MR) is 54.3 cm³/mol. The molecule has 0 saturated carbocycles. The highest BCUT2D eigenvalue weighted by Gasteiger charge is 2.16. The number of aromatic amines is 1. The Morgan fingerprint density at radius 3 is 2.69 bits per heavy atom. The van der Waals surface area contributed by atoms with Crippen LogP contribution in [0, 0.1) is 3.57 Å². The van der Waals surface area contributed by atoms with Gasteiger partial charge in [-0.3, -0.25) is 4.79 Å². The Morgan fingerprint density at radius 2 is 2.23 bits per heavy atom. The smallest absolute Gasteiger partial charge is 0.265 e. The number of pyridine rings is 1. The van der Waals surface area contributed by atoms with E-state index in [1.54, 1.807) is 22.6 Å². The van der Waals surface area contributed by atoms with Crippen LogP contribution >= 0.6 is 34.2 Å². The van der Waals surface area contributed by atoms with E-state index >= 15 is 0 Å². The molecule has 0 unspecified atom stereocenters. The SMILES string of the molecule is O=c1[nH]cc(C(F)F)c(CCl)c1I. The lowest BCUT2D eigenvalue weighted by atomic mass is 10.2. The molecule has 1 heterocycles. The van der Waals surface area contributed by atoms with Crippen LogP contribution in [0.4, 0.5) is 8.78 Å². The number of nitrogens with one attached hydrogen (secondary N) is 1. The van der Waals surface area contributed by atoms with Crippen LogP contribution in [0.25, 0.3) is 0 Å². The zero-order valence-electron chi connectivity index (χ0n) is 6.28. The first-order valence-corrected chi connectivity index (χ1v) is 4.93. The van der Waals surface area contributed by atoms with Crippen molar-refractivity contribution in [3.8, 4) is 0 Å². The van der Waals surface area contributed by atoms with E-state index in [0.717, 1.165) is 6.20 Å². The van der Waals surface area contributed by atoms with Gasteiger partial charge in [-0.25, -0.2) is 8.78 Å². The summed E-state index contributed by atoms with van der Waals surface area (Å²) in [6.45, 7) is 0. The number of H-pyrrole nitrogens is 1. The van der Waals surface area contributed by atoms with Gasteiger partial charge in [0.2, 0.25) is 0 Å². The Morgan fingerprint density at radius 1 is 1.62 bits per heavy atom. The number of aromatic nitrogens is 1. The lowest BCUT2D eigenvalue weighted by molar-refractivity contribution is 0.150. The van der Waals surface area contributed by atoms with Crippen molar-refractivity contribution in [1.29, 1.82) is 0 Å². The maximum Gasteiger partial charge on any atom is 0.265 e. The van der Waals surface area contributed by atoms with Crippen molar-refractivity contribution in [3.05, 3.63) is 31.2 Å². The van der Waals surface area contributed by atoms with Gasteiger partial charge in [0.05, 0.1) is 3.57 Å². The first-order valence-electron chi connectivity index (χ1n) is 3.32. The van der Waals surface area contributed by atoms with Gasteiger partial charge in [0.15, 0.2) is 0 Å². The van der Waals surface area contributed by atoms with Crippen LogP contribution in [0.3, 0.4) is 0 Å². The Kier molecular flexibility index (Phi) is 3.66. The van der Waals surface area contributed by atoms with E-state index in [1.807, 2.05) is 0 Å². The molecule has 13 heavy (non-hydrogen) atoms. The number of hydrogen-bond donors (Lipinski definition) is 1. The van der Waals surface area contributed by atoms with Gasteiger partial charge in [0.25, 0.3) is 12.0 Å². The maximum atomic E-state index is 12.3. The van der Waals surface area contributed by atoms with Crippen molar-refractivity contribution in [2.75, 3.05) is 0 Å². The molecule has 72 valence electrons. The topological polar surface area (TPSA) is 32.9 Å². The molecule has 2 nitrogen and oxygen atoms in total. The van der Waals surface area contributed by atoms with E-state index in [2.05, 4.69) is 4.98 Å². The van der Waals surface area contributed by atoms with E-state index in [9.17, 15) is 13.6 Å². The van der Waals surface area contributed by atoms with E-state index in [1.165, 1.54) is 0 Å². The van der Waals surface area contributed by atoms with Gasteiger partial charge in [-0.15, -0.1) is 11.6 Å². The van der Waals surface area contributed by atoms with E-state index < -0.39 is 6.43 Å². The van der Waals surface area contributed by atoms with Crippen LogP contribution in [0.1, 0.15) is 17.6 Å². The first kappa shape index (κ1) is 10.9. The monoisotopic (exact) mass is 319 g/mol. The van der Waals surface area contributed by atoms with Gasteiger partial charge in [0, 0.05) is 17.6 Å². The minimum absolute atomic E-state index is 0.0815. The number of rotatable bonds is 2. The Hall–Kier alpha value is -0.170. The lowest BCUT2D eigenvalue weighted by Crippen LogP contribution is -2.14. The molecular formula is C7H5ClF2INO. The summed E-state index contributed by atoms with van der Waals surface area (Å²) in [6.07, 6.45) is -1.61. The van der Waals surface area contributed by atoms with Gasteiger partial charge >= 0.3 is 0 Å². The second-order valence-corrected chi connectivity index (χ2v) is 3.65. The molecule has 0 aliphatic rings. The standard InChI is InChI=1S/C7H5ClF2INO/c8-1-3-4(6(9)10)2-12-7(13)5(3)11/h2,6H,1H2,(H,12,13). The second-order valence-electron chi connectivity index (χ2n) is 2.30. The first-order chi connectivity index (χ1) is 6.07. The highest BCUT2D eigenvalue weighted by molar-refractivity contribution is 14.1. The summed E-state index contributed by atoms with van der Waals surface area (Å²) in [7, 11) is 0. The molecule has 0 amide bonds. The minimum atomic E-state index is -2.61. The van der Waals surface area contributed by atoms with E-state index in [-0.39, 0.29) is 26.1 Å². The van der Waals surface area contributed by atoms with Crippen LogP contribution in [0.15, 0.2) is 11.0 Å². The zero-order chi connectivity index (χ0) is 10.0. The molecule has 0 saturated heterocycles. The molecule has 0 spiro atoms. The van der Waals surface area contributed by atoms with Gasteiger partial charge in [0.1, 0.15) is 0 Å². The van der Waals surface area contributed by atoms with Crippen molar-refractivity contribution in [2.45, 2.75) is 12.3 Å². The van der Waals surface area contributed by atoms with Crippen LogP contribution < -0.4 is 5.56 Å². The maximum absolute atomic E-state index is 12.3.